The lowest BCUT2D eigenvalue weighted by molar-refractivity contribution is 0.0945. The number of rotatable bonds is 6. The van der Waals surface area contributed by atoms with Gasteiger partial charge in [0.15, 0.2) is 5.65 Å². The van der Waals surface area contributed by atoms with Crippen molar-refractivity contribution in [2.24, 2.45) is 5.92 Å². The number of halogens is 1. The highest BCUT2D eigenvalue weighted by Gasteiger charge is 2.15. The molecule has 34 heavy (non-hydrogen) atoms. The predicted molar refractivity (Wildman–Crippen MR) is 129 cm³/mol. The molecule has 0 aliphatic heterocycles. The Morgan fingerprint density at radius 2 is 1.91 bits per heavy atom. The Morgan fingerprint density at radius 1 is 1.06 bits per heavy atom. The van der Waals surface area contributed by atoms with E-state index in [1.54, 1.807) is 23.0 Å². The van der Waals surface area contributed by atoms with Gasteiger partial charge >= 0.3 is 0 Å². The van der Waals surface area contributed by atoms with Crippen molar-refractivity contribution in [1.82, 2.24) is 30.3 Å². The first-order valence-corrected chi connectivity index (χ1v) is 11.1. The summed E-state index contributed by atoms with van der Waals surface area (Å²) in [6, 6.07) is 18.1. The summed E-state index contributed by atoms with van der Waals surface area (Å²) < 4.78 is 16.5. The summed E-state index contributed by atoms with van der Waals surface area (Å²) in [5, 5.41) is 12.3. The molecule has 0 fully saturated rings. The first-order valence-electron chi connectivity index (χ1n) is 11.1. The molecule has 0 spiro atoms. The Hall–Kier alpha value is -4.20. The van der Waals surface area contributed by atoms with Gasteiger partial charge in [0.1, 0.15) is 11.3 Å². The number of nitrogens with one attached hydrogen (secondary N) is 1. The molecule has 1 amide bonds. The van der Waals surface area contributed by atoms with Crippen molar-refractivity contribution in [3.05, 3.63) is 83.8 Å². The second-order valence-electron chi connectivity index (χ2n) is 8.62. The summed E-state index contributed by atoms with van der Waals surface area (Å²) in [4.78, 5) is 21.3. The molecule has 7 nitrogen and oxygen atoms in total. The minimum Gasteiger partial charge on any atom is -0.352 e. The fourth-order valence-corrected chi connectivity index (χ4v) is 3.77. The van der Waals surface area contributed by atoms with E-state index in [0.29, 0.717) is 35.5 Å². The minimum absolute atomic E-state index is 0.0166. The van der Waals surface area contributed by atoms with E-state index in [1.165, 1.54) is 12.1 Å². The zero-order valence-corrected chi connectivity index (χ0v) is 18.9. The fourth-order valence-electron chi connectivity index (χ4n) is 3.77. The van der Waals surface area contributed by atoms with Gasteiger partial charge in [-0.2, -0.15) is 0 Å². The van der Waals surface area contributed by atoms with Crippen molar-refractivity contribution < 1.29 is 9.18 Å². The molecule has 3 aromatic heterocycles. The molecule has 8 heteroatoms. The number of aromatic nitrogens is 5. The second-order valence-corrected chi connectivity index (χ2v) is 8.62. The van der Waals surface area contributed by atoms with Gasteiger partial charge in [-0.3, -0.25) is 9.78 Å². The molecule has 0 saturated heterocycles. The normalized spacial score (nSPS) is 11.4. The third-order valence-electron chi connectivity index (χ3n) is 5.54. The monoisotopic (exact) mass is 454 g/mol. The van der Waals surface area contributed by atoms with Crippen LogP contribution in [0.1, 0.15) is 29.8 Å². The summed E-state index contributed by atoms with van der Waals surface area (Å²) in [5.74, 6) is -0.724. The average molecular weight is 455 g/mol. The molecule has 5 rings (SSSR count). The quantitative estimate of drug-likeness (QED) is 0.405. The smallest absolute Gasteiger partial charge is 0.254 e. The van der Waals surface area contributed by atoms with Crippen molar-refractivity contribution in [3.8, 4) is 11.3 Å². The van der Waals surface area contributed by atoms with Crippen molar-refractivity contribution in [1.29, 1.82) is 0 Å². The molecule has 170 valence electrons. The summed E-state index contributed by atoms with van der Waals surface area (Å²) >= 11 is 0. The molecule has 0 aliphatic rings. The Bertz CT molecular complexity index is 1510. The van der Waals surface area contributed by atoms with E-state index in [0.717, 1.165) is 16.5 Å². The van der Waals surface area contributed by atoms with Crippen LogP contribution in [0.15, 0.2) is 66.9 Å². The summed E-state index contributed by atoms with van der Waals surface area (Å²) in [6.45, 7) is 4.95. The molecule has 2 aromatic carbocycles. The topological polar surface area (TPSA) is 85.6 Å². The Morgan fingerprint density at radius 3 is 2.74 bits per heavy atom. The number of benzene rings is 2. The molecule has 3 heterocycles. The highest BCUT2D eigenvalue weighted by atomic mass is 19.1. The minimum atomic E-state index is -0.586. The van der Waals surface area contributed by atoms with Gasteiger partial charge < -0.3 is 5.32 Å². The molecular weight excluding hydrogens is 431 g/mol. The van der Waals surface area contributed by atoms with Gasteiger partial charge in [0.25, 0.3) is 5.91 Å². The van der Waals surface area contributed by atoms with Crippen LogP contribution in [-0.2, 0) is 6.54 Å². The lowest BCUT2D eigenvalue weighted by Gasteiger charge is -2.09. The Kier molecular flexibility index (Phi) is 5.71. The highest BCUT2D eigenvalue weighted by molar-refractivity contribution is 5.95. The molecule has 0 aliphatic carbocycles. The van der Waals surface area contributed by atoms with Gasteiger partial charge in [0.2, 0.25) is 0 Å². The molecule has 0 bridgehead atoms. The van der Waals surface area contributed by atoms with Crippen LogP contribution in [-0.4, -0.2) is 37.4 Å². The van der Waals surface area contributed by atoms with Crippen LogP contribution in [0.3, 0.4) is 0 Å². The maximum Gasteiger partial charge on any atom is 0.254 e. The molecule has 0 unspecified atom stereocenters. The molecule has 1 N–H and O–H groups in total. The number of carbonyl (C=O) groups excluding carboxylic acids is 1. The van der Waals surface area contributed by atoms with E-state index in [9.17, 15) is 9.18 Å². The lowest BCUT2D eigenvalue weighted by Crippen LogP contribution is -2.28. The number of fused-ring (bicyclic) bond motifs is 2. The van der Waals surface area contributed by atoms with Crippen LogP contribution in [0.5, 0.6) is 0 Å². The third kappa shape index (κ3) is 4.34. The molecular formula is C26H23FN6O. The molecule has 5 aromatic rings. The molecule has 0 saturated carbocycles. The second kappa shape index (κ2) is 8.97. The summed E-state index contributed by atoms with van der Waals surface area (Å²) in [5.41, 5.74) is 4.39. The Balaban J connectivity index is 1.43. The van der Waals surface area contributed by atoms with Gasteiger partial charge in [-0.25, -0.2) is 14.1 Å². The van der Waals surface area contributed by atoms with E-state index in [-0.39, 0.29) is 11.5 Å². The van der Waals surface area contributed by atoms with Crippen molar-refractivity contribution >= 4 is 28.0 Å². The predicted octanol–water partition coefficient (Wildman–Crippen LogP) is 4.61. The van der Waals surface area contributed by atoms with Crippen molar-refractivity contribution in [2.45, 2.75) is 20.4 Å². The maximum absolute atomic E-state index is 14.7. The fraction of sp³-hybridized carbons (Fsp3) is 0.192. The van der Waals surface area contributed by atoms with Gasteiger partial charge in [0.05, 0.1) is 23.3 Å². The number of carbonyl (C=O) groups is 1. The number of amides is 1. The number of pyridine rings is 2. The van der Waals surface area contributed by atoms with E-state index in [1.807, 2.05) is 44.2 Å². The van der Waals surface area contributed by atoms with Crippen LogP contribution >= 0.6 is 0 Å². The first kappa shape index (κ1) is 21.6. The van der Waals surface area contributed by atoms with E-state index in [2.05, 4.69) is 26.7 Å². The third-order valence-corrected chi connectivity index (χ3v) is 5.54. The largest absolute Gasteiger partial charge is 0.352 e. The summed E-state index contributed by atoms with van der Waals surface area (Å²) in [7, 11) is 0. The van der Waals surface area contributed by atoms with Crippen LogP contribution < -0.4 is 5.32 Å². The highest BCUT2D eigenvalue weighted by Crippen LogP contribution is 2.23. The molecule has 0 atom stereocenters. The number of hydrogen-bond donors (Lipinski definition) is 1. The SMILES string of the molecule is CC(C)CNC(=O)c1ccc(-c2ccc3nnn(Cc4ccc5ncccc5c4)c3n2)cc1F. The molecule has 0 radical (unpaired) electrons. The lowest BCUT2D eigenvalue weighted by atomic mass is 10.1. The van der Waals surface area contributed by atoms with E-state index < -0.39 is 11.7 Å². The van der Waals surface area contributed by atoms with Crippen molar-refractivity contribution in [2.75, 3.05) is 6.54 Å². The van der Waals surface area contributed by atoms with E-state index in [4.69, 9.17) is 4.98 Å². The van der Waals surface area contributed by atoms with Gasteiger partial charge in [0, 0.05) is 23.7 Å². The standard InChI is InChI=1S/C26H23FN6O/c1-16(2)14-29-26(34)20-7-6-19(13-21(20)27)23-9-10-24-25(30-23)33(32-31-24)15-17-5-8-22-18(12-17)4-3-11-28-22/h3-13,16H,14-15H2,1-2H3,(H,29,34). The Labute approximate surface area is 195 Å². The van der Waals surface area contributed by atoms with E-state index >= 15 is 0 Å². The maximum atomic E-state index is 14.7. The van der Waals surface area contributed by atoms with Crippen molar-refractivity contribution in [3.63, 3.8) is 0 Å². The van der Waals surface area contributed by atoms with Gasteiger partial charge in [-0.15, -0.1) is 5.10 Å². The average Bonchev–Trinajstić information content (AvgIpc) is 3.24. The van der Waals surface area contributed by atoms with Gasteiger partial charge in [-0.1, -0.05) is 37.3 Å². The number of hydrogen-bond acceptors (Lipinski definition) is 5. The summed E-state index contributed by atoms with van der Waals surface area (Å²) in [6.07, 6.45) is 1.77. The number of nitrogens with zero attached hydrogens (tertiary/aromatic N) is 5. The van der Waals surface area contributed by atoms with Crippen LogP contribution in [0.2, 0.25) is 0 Å². The van der Waals surface area contributed by atoms with Gasteiger partial charge in [-0.05, 0) is 53.9 Å². The van der Waals surface area contributed by atoms with Crippen LogP contribution in [0.25, 0.3) is 33.3 Å². The van der Waals surface area contributed by atoms with Crippen LogP contribution in [0.4, 0.5) is 4.39 Å². The zero-order chi connectivity index (χ0) is 23.7. The first-order chi connectivity index (χ1) is 16.5. The zero-order valence-electron chi connectivity index (χ0n) is 18.9. The van der Waals surface area contributed by atoms with Crippen LogP contribution in [0, 0.1) is 11.7 Å².